The molecule has 0 aliphatic rings. The first-order valence-electron chi connectivity index (χ1n) is 8.39. The maximum atomic E-state index is 11.3. The van der Waals surface area contributed by atoms with Crippen LogP contribution in [0.5, 0.6) is 11.5 Å². The minimum atomic E-state index is -0.592. The largest absolute Gasteiger partial charge is 0.502 e. The molecule has 0 aromatic heterocycles. The van der Waals surface area contributed by atoms with Crippen molar-refractivity contribution >= 4 is 33.5 Å². The zero-order valence-electron chi connectivity index (χ0n) is 15.0. The molecule has 6 nitrogen and oxygen atoms in total. The van der Waals surface area contributed by atoms with Crippen molar-refractivity contribution in [1.82, 2.24) is 0 Å². The number of aromatic hydroxyl groups is 1. The van der Waals surface area contributed by atoms with Crippen LogP contribution in [0.1, 0.15) is 16.7 Å². The minimum absolute atomic E-state index is 0.284. The highest BCUT2D eigenvalue weighted by atomic mass is 79.9. The van der Waals surface area contributed by atoms with E-state index in [9.17, 15) is 15.2 Å². The van der Waals surface area contributed by atoms with Crippen LogP contribution in [0.2, 0.25) is 0 Å². The lowest BCUT2D eigenvalue weighted by Crippen LogP contribution is -1.97. The summed E-state index contributed by atoms with van der Waals surface area (Å²) in [6.45, 7) is 0. The topological polar surface area (TPSA) is 85.0 Å². The van der Waals surface area contributed by atoms with Crippen molar-refractivity contribution in [1.29, 1.82) is 0 Å². The van der Waals surface area contributed by atoms with E-state index in [0.29, 0.717) is 23.4 Å². The molecule has 0 aliphatic heterocycles. The molecule has 0 amide bonds. The molecule has 0 radical (unpaired) electrons. The molecule has 0 bridgehead atoms. The van der Waals surface area contributed by atoms with Crippen LogP contribution in [0.3, 0.4) is 0 Å². The lowest BCUT2D eigenvalue weighted by molar-refractivity contribution is -0.385. The standard InChI is InChI=1S/C21H17BrN2O4/c1-28-20-8-7-17(12-18(20)22)23-13-16-10-15(9-14-5-3-2-4-6-14)11-19(21(16)25)24(26)27/h2-8,10-13,25H,9H2,1H3. The van der Waals surface area contributed by atoms with Crippen molar-refractivity contribution < 1.29 is 14.8 Å². The summed E-state index contributed by atoms with van der Waals surface area (Å²) in [7, 11) is 1.57. The van der Waals surface area contributed by atoms with Crippen LogP contribution in [-0.2, 0) is 6.42 Å². The molecule has 0 fully saturated rings. The number of hydrogen-bond acceptors (Lipinski definition) is 5. The number of rotatable bonds is 6. The Kier molecular flexibility index (Phi) is 6.06. The van der Waals surface area contributed by atoms with Crippen molar-refractivity contribution in [2.45, 2.75) is 6.42 Å². The smallest absolute Gasteiger partial charge is 0.311 e. The Morgan fingerprint density at radius 3 is 2.54 bits per heavy atom. The van der Waals surface area contributed by atoms with Crippen molar-refractivity contribution in [3.8, 4) is 11.5 Å². The Bertz CT molecular complexity index is 1040. The number of phenolic OH excluding ortho intramolecular Hbond substituents is 1. The third kappa shape index (κ3) is 4.55. The normalized spacial score (nSPS) is 10.9. The van der Waals surface area contributed by atoms with E-state index in [1.165, 1.54) is 12.3 Å². The highest BCUT2D eigenvalue weighted by Gasteiger charge is 2.18. The number of nitrogens with zero attached hydrogens (tertiary/aromatic N) is 2. The average molecular weight is 441 g/mol. The number of aliphatic imine (C=N–C) groups is 1. The van der Waals surface area contributed by atoms with E-state index in [-0.39, 0.29) is 11.3 Å². The fourth-order valence-corrected chi connectivity index (χ4v) is 3.28. The molecule has 0 aliphatic carbocycles. The fraction of sp³-hybridized carbons (Fsp3) is 0.0952. The third-order valence-corrected chi connectivity index (χ3v) is 4.73. The first kappa shape index (κ1) is 19.6. The second-order valence-electron chi connectivity index (χ2n) is 6.05. The molecule has 3 aromatic rings. The Hall–Kier alpha value is -3.19. The first-order valence-corrected chi connectivity index (χ1v) is 9.19. The van der Waals surface area contributed by atoms with Crippen LogP contribution in [-0.4, -0.2) is 23.4 Å². The number of ether oxygens (including phenoxy) is 1. The highest BCUT2D eigenvalue weighted by Crippen LogP contribution is 2.33. The third-order valence-electron chi connectivity index (χ3n) is 4.11. The van der Waals surface area contributed by atoms with Gasteiger partial charge in [0.25, 0.3) is 0 Å². The maximum absolute atomic E-state index is 11.3. The van der Waals surface area contributed by atoms with Gasteiger partial charge >= 0.3 is 5.69 Å². The number of nitro groups is 1. The quantitative estimate of drug-likeness (QED) is 0.315. The zero-order chi connectivity index (χ0) is 20.1. The summed E-state index contributed by atoms with van der Waals surface area (Å²) in [6.07, 6.45) is 1.93. The van der Waals surface area contributed by atoms with Gasteiger partial charge < -0.3 is 9.84 Å². The van der Waals surface area contributed by atoms with Gasteiger partial charge in [0.05, 0.1) is 22.2 Å². The molecule has 0 unspecified atom stereocenters. The van der Waals surface area contributed by atoms with E-state index in [0.717, 1.165) is 10.0 Å². The Morgan fingerprint density at radius 1 is 1.14 bits per heavy atom. The number of phenols is 1. The number of nitro benzene ring substituents is 1. The van der Waals surface area contributed by atoms with E-state index in [1.54, 1.807) is 31.4 Å². The van der Waals surface area contributed by atoms with Crippen molar-refractivity contribution in [3.63, 3.8) is 0 Å². The van der Waals surface area contributed by atoms with Gasteiger partial charge in [0.2, 0.25) is 5.75 Å². The van der Waals surface area contributed by atoms with Gasteiger partial charge in [0, 0.05) is 17.8 Å². The molecule has 7 heteroatoms. The molecule has 0 heterocycles. The lowest BCUT2D eigenvalue weighted by atomic mass is 10.0. The van der Waals surface area contributed by atoms with E-state index in [1.807, 2.05) is 30.3 Å². The molecular formula is C21H17BrN2O4. The molecule has 3 rings (SSSR count). The summed E-state index contributed by atoms with van der Waals surface area (Å²) in [5, 5.41) is 21.7. The van der Waals surface area contributed by atoms with Gasteiger partial charge in [-0.2, -0.15) is 0 Å². The number of benzene rings is 3. The summed E-state index contributed by atoms with van der Waals surface area (Å²) in [4.78, 5) is 15.1. The minimum Gasteiger partial charge on any atom is -0.502 e. The number of halogens is 1. The van der Waals surface area contributed by atoms with Crippen LogP contribution >= 0.6 is 15.9 Å². The van der Waals surface area contributed by atoms with Gasteiger partial charge in [-0.15, -0.1) is 0 Å². The Balaban J connectivity index is 1.97. The number of hydrogen-bond donors (Lipinski definition) is 1. The monoisotopic (exact) mass is 440 g/mol. The van der Waals surface area contributed by atoms with E-state index in [2.05, 4.69) is 20.9 Å². The zero-order valence-corrected chi connectivity index (χ0v) is 16.6. The second kappa shape index (κ2) is 8.67. The van der Waals surface area contributed by atoms with Gasteiger partial charge in [-0.25, -0.2) is 0 Å². The van der Waals surface area contributed by atoms with Gasteiger partial charge in [-0.3, -0.25) is 15.1 Å². The van der Waals surface area contributed by atoms with Crippen LogP contribution in [0, 0.1) is 10.1 Å². The first-order chi connectivity index (χ1) is 13.5. The summed E-state index contributed by atoms with van der Waals surface area (Å²) in [5.41, 5.74) is 2.29. The summed E-state index contributed by atoms with van der Waals surface area (Å²) < 4.78 is 5.92. The molecule has 0 spiro atoms. The number of methoxy groups -OCH3 is 1. The van der Waals surface area contributed by atoms with Crippen LogP contribution in [0.25, 0.3) is 0 Å². The van der Waals surface area contributed by atoms with E-state index < -0.39 is 10.7 Å². The fourth-order valence-electron chi connectivity index (χ4n) is 2.75. The molecule has 142 valence electrons. The van der Waals surface area contributed by atoms with Gasteiger partial charge in [0.15, 0.2) is 0 Å². The van der Waals surface area contributed by atoms with E-state index in [4.69, 9.17) is 4.74 Å². The molecule has 1 N–H and O–H groups in total. The summed E-state index contributed by atoms with van der Waals surface area (Å²) in [6, 6.07) is 18.0. The summed E-state index contributed by atoms with van der Waals surface area (Å²) >= 11 is 3.39. The van der Waals surface area contributed by atoms with Crippen molar-refractivity contribution in [2.75, 3.05) is 7.11 Å². The lowest BCUT2D eigenvalue weighted by Gasteiger charge is -2.07. The van der Waals surface area contributed by atoms with Gasteiger partial charge in [0.1, 0.15) is 5.75 Å². The predicted molar refractivity (Wildman–Crippen MR) is 112 cm³/mol. The molecule has 28 heavy (non-hydrogen) atoms. The van der Waals surface area contributed by atoms with E-state index >= 15 is 0 Å². The molecule has 0 saturated carbocycles. The Labute approximate surface area is 170 Å². The molecular weight excluding hydrogens is 424 g/mol. The average Bonchev–Trinajstić information content (AvgIpc) is 2.68. The maximum Gasteiger partial charge on any atom is 0.311 e. The predicted octanol–water partition coefficient (Wildman–Crippen LogP) is 5.41. The van der Waals surface area contributed by atoms with Gasteiger partial charge in [-0.05, 0) is 57.7 Å². The summed E-state index contributed by atoms with van der Waals surface area (Å²) in [5.74, 6) is 0.264. The van der Waals surface area contributed by atoms with Crippen molar-refractivity contribution in [2.24, 2.45) is 4.99 Å². The SMILES string of the molecule is COc1ccc(N=Cc2cc(Cc3ccccc3)cc([N+](=O)[O-])c2O)cc1Br. The molecule has 0 saturated heterocycles. The Morgan fingerprint density at radius 2 is 1.89 bits per heavy atom. The van der Waals surface area contributed by atoms with Gasteiger partial charge in [-0.1, -0.05) is 30.3 Å². The van der Waals surface area contributed by atoms with Crippen LogP contribution < -0.4 is 4.74 Å². The van der Waals surface area contributed by atoms with Crippen LogP contribution in [0.4, 0.5) is 11.4 Å². The highest BCUT2D eigenvalue weighted by molar-refractivity contribution is 9.10. The molecule has 3 aromatic carbocycles. The van der Waals surface area contributed by atoms with Crippen molar-refractivity contribution in [3.05, 3.63) is 91.9 Å². The second-order valence-corrected chi connectivity index (χ2v) is 6.90. The molecule has 0 atom stereocenters. The van der Waals surface area contributed by atoms with Crippen LogP contribution in [0.15, 0.2) is 70.1 Å².